The van der Waals surface area contributed by atoms with E-state index in [1.165, 1.54) is 23.5 Å². The SMILES string of the molecule is COc1ccc(SCCCC(=O)N(CCN(C)C)c2nc3ccc([N+](=O)[O-])cc3s2)cc1. The smallest absolute Gasteiger partial charge is 0.270 e. The maximum absolute atomic E-state index is 13.0. The summed E-state index contributed by atoms with van der Waals surface area (Å²) in [6, 6.07) is 12.4. The summed E-state index contributed by atoms with van der Waals surface area (Å²) in [6.45, 7) is 1.21. The summed E-state index contributed by atoms with van der Waals surface area (Å²) in [5.41, 5.74) is 0.683. The van der Waals surface area contributed by atoms with Crippen LogP contribution in [0.15, 0.2) is 47.4 Å². The Bertz CT molecular complexity index is 1070. The average molecular weight is 475 g/mol. The Hall–Kier alpha value is -2.69. The van der Waals surface area contributed by atoms with Crippen molar-refractivity contribution in [3.63, 3.8) is 0 Å². The largest absolute Gasteiger partial charge is 0.497 e. The highest BCUT2D eigenvalue weighted by atomic mass is 32.2. The third-order valence-electron chi connectivity index (χ3n) is 4.74. The first-order chi connectivity index (χ1) is 15.4. The van der Waals surface area contributed by atoms with Crippen LogP contribution < -0.4 is 9.64 Å². The van der Waals surface area contributed by atoms with E-state index in [4.69, 9.17) is 4.74 Å². The number of aromatic nitrogens is 1. The molecule has 10 heteroatoms. The molecule has 170 valence electrons. The van der Waals surface area contributed by atoms with Crippen LogP contribution in [0.1, 0.15) is 12.8 Å². The minimum absolute atomic E-state index is 0.00994. The van der Waals surface area contributed by atoms with Crippen molar-refractivity contribution in [2.75, 3.05) is 44.9 Å². The van der Waals surface area contributed by atoms with E-state index >= 15 is 0 Å². The fourth-order valence-electron chi connectivity index (χ4n) is 2.98. The van der Waals surface area contributed by atoms with Gasteiger partial charge in [0.15, 0.2) is 5.13 Å². The number of hydrogen-bond donors (Lipinski definition) is 0. The molecule has 2 aromatic carbocycles. The van der Waals surface area contributed by atoms with Gasteiger partial charge in [0, 0.05) is 36.5 Å². The van der Waals surface area contributed by atoms with Crippen LogP contribution >= 0.6 is 23.1 Å². The summed E-state index contributed by atoms with van der Waals surface area (Å²) >= 11 is 3.01. The number of nitrogens with zero attached hydrogens (tertiary/aromatic N) is 4. The number of anilines is 1. The molecule has 0 aliphatic rings. The fourth-order valence-corrected chi connectivity index (χ4v) is 4.87. The van der Waals surface area contributed by atoms with Crippen molar-refractivity contribution >= 4 is 50.0 Å². The highest BCUT2D eigenvalue weighted by Gasteiger charge is 2.20. The van der Waals surface area contributed by atoms with Crippen molar-refractivity contribution in [1.29, 1.82) is 0 Å². The summed E-state index contributed by atoms with van der Waals surface area (Å²) in [5.74, 6) is 1.66. The van der Waals surface area contributed by atoms with Crippen molar-refractivity contribution in [1.82, 2.24) is 9.88 Å². The zero-order valence-corrected chi connectivity index (χ0v) is 19.9. The number of thioether (sulfide) groups is 1. The number of methoxy groups -OCH3 is 1. The maximum atomic E-state index is 13.0. The summed E-state index contributed by atoms with van der Waals surface area (Å²) in [5, 5.41) is 11.6. The highest BCUT2D eigenvalue weighted by molar-refractivity contribution is 7.99. The number of carbonyl (C=O) groups excluding carboxylic acids is 1. The zero-order valence-electron chi connectivity index (χ0n) is 18.3. The van der Waals surface area contributed by atoms with Gasteiger partial charge in [0.1, 0.15) is 5.75 Å². The number of carbonyl (C=O) groups is 1. The van der Waals surface area contributed by atoms with Gasteiger partial charge >= 0.3 is 0 Å². The minimum atomic E-state index is -0.422. The van der Waals surface area contributed by atoms with Crippen LogP contribution in [0.2, 0.25) is 0 Å². The molecular formula is C22H26N4O4S2. The Labute approximate surface area is 195 Å². The highest BCUT2D eigenvalue weighted by Crippen LogP contribution is 2.32. The van der Waals surface area contributed by atoms with Gasteiger partial charge in [-0.2, -0.15) is 0 Å². The molecule has 0 aliphatic carbocycles. The van der Waals surface area contributed by atoms with Gasteiger partial charge in [0.05, 0.1) is 22.2 Å². The second-order valence-corrected chi connectivity index (χ2v) is 9.56. The molecule has 0 bridgehead atoms. The van der Waals surface area contributed by atoms with Gasteiger partial charge in [-0.1, -0.05) is 11.3 Å². The van der Waals surface area contributed by atoms with Gasteiger partial charge in [0.2, 0.25) is 5.91 Å². The van der Waals surface area contributed by atoms with E-state index in [2.05, 4.69) is 4.98 Å². The average Bonchev–Trinajstić information content (AvgIpc) is 3.20. The Kier molecular flexibility index (Phi) is 8.43. The third-order valence-corrected chi connectivity index (χ3v) is 6.88. The lowest BCUT2D eigenvalue weighted by molar-refractivity contribution is -0.384. The summed E-state index contributed by atoms with van der Waals surface area (Å²) < 4.78 is 5.87. The number of ether oxygens (including phenoxy) is 1. The van der Waals surface area contributed by atoms with E-state index in [1.807, 2.05) is 43.3 Å². The molecular weight excluding hydrogens is 448 g/mol. The number of likely N-dealkylation sites (N-methyl/N-ethyl adjacent to an activating group) is 1. The number of non-ortho nitro benzene ring substituents is 1. The van der Waals surface area contributed by atoms with E-state index in [-0.39, 0.29) is 11.6 Å². The van der Waals surface area contributed by atoms with Crippen molar-refractivity contribution in [3.8, 4) is 5.75 Å². The molecule has 0 saturated carbocycles. The number of nitro benzene ring substituents is 1. The summed E-state index contributed by atoms with van der Waals surface area (Å²) in [6.07, 6.45) is 1.15. The van der Waals surface area contributed by atoms with Crippen molar-refractivity contribution < 1.29 is 14.5 Å². The Morgan fingerprint density at radius 1 is 1.19 bits per heavy atom. The maximum Gasteiger partial charge on any atom is 0.270 e. The molecule has 0 saturated heterocycles. The van der Waals surface area contributed by atoms with Gasteiger partial charge in [0.25, 0.3) is 5.69 Å². The van der Waals surface area contributed by atoms with E-state index in [0.29, 0.717) is 34.9 Å². The van der Waals surface area contributed by atoms with E-state index in [9.17, 15) is 14.9 Å². The third kappa shape index (κ3) is 6.41. The first kappa shape index (κ1) is 24.0. The monoisotopic (exact) mass is 474 g/mol. The first-order valence-electron chi connectivity index (χ1n) is 10.1. The molecule has 1 heterocycles. The van der Waals surface area contributed by atoms with Crippen LogP contribution in [0, 0.1) is 10.1 Å². The lowest BCUT2D eigenvalue weighted by atomic mass is 10.3. The van der Waals surface area contributed by atoms with Gasteiger partial charge in [-0.15, -0.1) is 11.8 Å². The van der Waals surface area contributed by atoms with Crippen molar-refractivity contribution in [3.05, 3.63) is 52.6 Å². The number of fused-ring (bicyclic) bond motifs is 1. The molecule has 32 heavy (non-hydrogen) atoms. The van der Waals surface area contributed by atoms with Gasteiger partial charge in [-0.25, -0.2) is 4.98 Å². The lowest BCUT2D eigenvalue weighted by Crippen LogP contribution is -2.36. The van der Waals surface area contributed by atoms with E-state index < -0.39 is 4.92 Å². The van der Waals surface area contributed by atoms with E-state index in [0.717, 1.165) is 22.8 Å². The molecule has 0 spiro atoms. The molecule has 3 aromatic rings. The summed E-state index contributed by atoms with van der Waals surface area (Å²) in [4.78, 5) is 33.1. The normalized spacial score (nSPS) is 11.1. The number of nitro groups is 1. The molecule has 0 unspecified atom stereocenters. The second kappa shape index (κ2) is 11.3. The van der Waals surface area contributed by atoms with Crippen LogP contribution in [0.25, 0.3) is 10.2 Å². The molecule has 0 radical (unpaired) electrons. The predicted molar refractivity (Wildman–Crippen MR) is 130 cm³/mol. The minimum Gasteiger partial charge on any atom is -0.497 e. The molecule has 0 atom stereocenters. The van der Waals surface area contributed by atoms with Gasteiger partial charge in [-0.3, -0.25) is 19.8 Å². The van der Waals surface area contributed by atoms with E-state index in [1.54, 1.807) is 29.8 Å². The summed E-state index contributed by atoms with van der Waals surface area (Å²) in [7, 11) is 5.55. The number of amides is 1. The number of hydrogen-bond acceptors (Lipinski definition) is 8. The molecule has 8 nitrogen and oxygen atoms in total. The zero-order chi connectivity index (χ0) is 23.1. The standard InChI is InChI=1S/C22H26N4O4S2/c1-24(2)12-13-25(22-23-19-11-6-16(26(28)29)15-20(19)32-22)21(27)5-4-14-31-18-9-7-17(30-3)8-10-18/h6-11,15H,4-5,12-14H2,1-3H3. The van der Waals surface area contributed by atoms with Crippen LogP contribution in [0.3, 0.4) is 0 Å². The Balaban J connectivity index is 1.65. The molecule has 0 fully saturated rings. The number of rotatable bonds is 11. The van der Waals surface area contributed by atoms with Crippen molar-refractivity contribution in [2.24, 2.45) is 0 Å². The first-order valence-corrected chi connectivity index (χ1v) is 11.9. The lowest BCUT2D eigenvalue weighted by Gasteiger charge is -2.22. The molecule has 0 aliphatic heterocycles. The number of thiazole rings is 1. The van der Waals surface area contributed by atoms with Crippen LogP contribution in [-0.2, 0) is 4.79 Å². The quantitative estimate of drug-likeness (QED) is 0.172. The van der Waals surface area contributed by atoms with Crippen LogP contribution in [0.5, 0.6) is 5.75 Å². The van der Waals surface area contributed by atoms with Crippen molar-refractivity contribution in [2.45, 2.75) is 17.7 Å². The number of benzene rings is 2. The predicted octanol–water partition coefficient (Wildman–Crippen LogP) is 4.68. The molecule has 1 amide bonds. The molecule has 3 rings (SSSR count). The topological polar surface area (TPSA) is 88.8 Å². The van der Waals surface area contributed by atoms with Crippen LogP contribution in [-0.4, -0.2) is 60.8 Å². The van der Waals surface area contributed by atoms with Gasteiger partial charge in [-0.05, 0) is 56.6 Å². The second-order valence-electron chi connectivity index (χ2n) is 7.38. The fraction of sp³-hybridized carbons (Fsp3) is 0.364. The Morgan fingerprint density at radius 2 is 1.94 bits per heavy atom. The molecule has 0 N–H and O–H groups in total. The molecule has 1 aromatic heterocycles. The van der Waals surface area contributed by atoms with Gasteiger partial charge < -0.3 is 9.64 Å². The van der Waals surface area contributed by atoms with Crippen LogP contribution in [0.4, 0.5) is 10.8 Å². The Morgan fingerprint density at radius 3 is 2.59 bits per heavy atom.